The Balaban J connectivity index is 2.29. The minimum absolute atomic E-state index is 0.285. The molecule has 0 saturated heterocycles. The third kappa shape index (κ3) is 4.42. The van der Waals surface area contributed by atoms with Gasteiger partial charge in [-0.15, -0.1) is 0 Å². The molecule has 0 aliphatic carbocycles. The van der Waals surface area contributed by atoms with Crippen LogP contribution in [0.25, 0.3) is 0 Å². The summed E-state index contributed by atoms with van der Waals surface area (Å²) in [5.74, 6) is -0.348. The average molecular weight is 222 g/mol. The summed E-state index contributed by atoms with van der Waals surface area (Å²) in [5, 5.41) is 2.94. The van der Waals surface area contributed by atoms with Crippen molar-refractivity contribution in [2.24, 2.45) is 5.73 Å². The molecule has 4 heteroatoms. The van der Waals surface area contributed by atoms with E-state index in [0.29, 0.717) is 13.0 Å². The maximum atomic E-state index is 11.4. The average Bonchev–Trinajstić information content (AvgIpc) is 2.34. The van der Waals surface area contributed by atoms with Crippen molar-refractivity contribution in [3.8, 4) is 0 Å². The van der Waals surface area contributed by atoms with Gasteiger partial charge >= 0.3 is 5.97 Å². The summed E-state index contributed by atoms with van der Waals surface area (Å²) in [6, 6.07) is 9.01. The number of benzene rings is 1. The zero-order chi connectivity index (χ0) is 11.8. The topological polar surface area (TPSA) is 64.3 Å². The zero-order valence-corrected chi connectivity index (χ0v) is 9.48. The Bertz CT molecular complexity index is 314. The Morgan fingerprint density at radius 3 is 2.75 bits per heavy atom. The molecule has 0 aromatic heterocycles. The predicted molar refractivity (Wildman–Crippen MR) is 62.8 cm³/mol. The molecule has 1 aromatic carbocycles. The Morgan fingerprint density at radius 1 is 1.44 bits per heavy atom. The molecule has 3 N–H and O–H groups in total. The first-order valence-corrected chi connectivity index (χ1v) is 5.34. The lowest BCUT2D eigenvalue weighted by Gasteiger charge is -2.11. The van der Waals surface area contributed by atoms with E-state index in [1.165, 1.54) is 0 Å². The van der Waals surface area contributed by atoms with Crippen molar-refractivity contribution in [1.82, 2.24) is 5.32 Å². The first kappa shape index (κ1) is 12.7. The van der Waals surface area contributed by atoms with Gasteiger partial charge in [0.15, 0.2) is 0 Å². The van der Waals surface area contributed by atoms with Crippen LogP contribution in [-0.2, 0) is 16.1 Å². The summed E-state index contributed by atoms with van der Waals surface area (Å²) >= 11 is 0. The Kier molecular flexibility index (Phi) is 5.53. The fourth-order valence-electron chi connectivity index (χ4n) is 1.25. The van der Waals surface area contributed by atoms with Crippen molar-refractivity contribution in [2.45, 2.75) is 19.1 Å². The molecule has 1 aromatic rings. The lowest BCUT2D eigenvalue weighted by atomic mass is 10.2. The summed E-state index contributed by atoms with van der Waals surface area (Å²) in [4.78, 5) is 11.4. The van der Waals surface area contributed by atoms with E-state index in [4.69, 9.17) is 10.5 Å². The lowest BCUT2D eigenvalue weighted by Crippen LogP contribution is -2.34. The van der Waals surface area contributed by atoms with Gasteiger partial charge in [-0.25, -0.2) is 0 Å². The van der Waals surface area contributed by atoms with E-state index in [-0.39, 0.29) is 12.6 Å². The normalized spacial score (nSPS) is 12.1. The molecule has 0 amide bonds. The van der Waals surface area contributed by atoms with E-state index in [9.17, 15) is 4.79 Å². The molecule has 0 aliphatic heterocycles. The highest BCUT2D eigenvalue weighted by Gasteiger charge is 2.13. The number of ether oxygens (including phenoxy) is 1. The van der Waals surface area contributed by atoms with Crippen LogP contribution in [0.5, 0.6) is 0 Å². The summed E-state index contributed by atoms with van der Waals surface area (Å²) in [7, 11) is 1.82. The highest BCUT2D eigenvalue weighted by Crippen LogP contribution is 2.02. The first-order valence-electron chi connectivity index (χ1n) is 5.34. The Hall–Kier alpha value is -1.39. The third-order valence-corrected chi connectivity index (χ3v) is 2.23. The molecule has 0 bridgehead atoms. The maximum Gasteiger partial charge on any atom is 0.323 e. The highest BCUT2D eigenvalue weighted by molar-refractivity contribution is 5.75. The second kappa shape index (κ2) is 6.98. The quantitative estimate of drug-likeness (QED) is 0.694. The van der Waals surface area contributed by atoms with Gasteiger partial charge in [0.1, 0.15) is 12.6 Å². The van der Waals surface area contributed by atoms with Crippen molar-refractivity contribution in [3.05, 3.63) is 35.9 Å². The Labute approximate surface area is 95.8 Å². The molecule has 1 rings (SSSR count). The third-order valence-electron chi connectivity index (χ3n) is 2.23. The number of rotatable bonds is 6. The van der Waals surface area contributed by atoms with E-state index in [2.05, 4.69) is 5.32 Å². The molecule has 0 radical (unpaired) electrons. The molecule has 4 nitrogen and oxygen atoms in total. The van der Waals surface area contributed by atoms with Gasteiger partial charge in [0.05, 0.1) is 0 Å². The molecular weight excluding hydrogens is 204 g/mol. The summed E-state index contributed by atoms with van der Waals surface area (Å²) in [5.41, 5.74) is 6.62. The standard InChI is InChI=1S/C12H18N2O2/c1-14-8-7-11(13)12(15)16-9-10-5-3-2-4-6-10/h2-6,11,14H,7-9,13H2,1H3/t11-/m1/s1. The highest BCUT2D eigenvalue weighted by atomic mass is 16.5. The molecule has 0 aliphatic rings. The van der Waals surface area contributed by atoms with Crippen LogP contribution in [0.1, 0.15) is 12.0 Å². The van der Waals surface area contributed by atoms with E-state index < -0.39 is 6.04 Å². The molecule has 0 spiro atoms. The first-order chi connectivity index (χ1) is 7.74. The van der Waals surface area contributed by atoms with Gasteiger partial charge in [-0.1, -0.05) is 30.3 Å². The number of carbonyl (C=O) groups is 1. The number of esters is 1. The predicted octanol–water partition coefficient (Wildman–Crippen LogP) is 0.667. The smallest absolute Gasteiger partial charge is 0.323 e. The van der Waals surface area contributed by atoms with Crippen molar-refractivity contribution < 1.29 is 9.53 Å². The van der Waals surface area contributed by atoms with Crippen LogP contribution >= 0.6 is 0 Å². The van der Waals surface area contributed by atoms with Gasteiger partial charge < -0.3 is 15.8 Å². The van der Waals surface area contributed by atoms with Crippen LogP contribution in [0.15, 0.2) is 30.3 Å². The molecule has 0 saturated carbocycles. The minimum atomic E-state index is -0.545. The van der Waals surface area contributed by atoms with Gasteiger partial charge in [-0.05, 0) is 25.6 Å². The van der Waals surface area contributed by atoms with E-state index >= 15 is 0 Å². The van der Waals surface area contributed by atoms with Gasteiger partial charge in [-0.3, -0.25) is 4.79 Å². The molecule has 1 atom stereocenters. The van der Waals surface area contributed by atoms with Crippen LogP contribution in [-0.4, -0.2) is 25.6 Å². The number of nitrogens with one attached hydrogen (secondary N) is 1. The van der Waals surface area contributed by atoms with Crippen molar-refractivity contribution >= 4 is 5.97 Å². The zero-order valence-electron chi connectivity index (χ0n) is 9.48. The second-order valence-corrected chi connectivity index (χ2v) is 3.59. The minimum Gasteiger partial charge on any atom is -0.460 e. The number of hydrogen-bond acceptors (Lipinski definition) is 4. The summed E-state index contributed by atoms with van der Waals surface area (Å²) in [6.45, 7) is 0.995. The number of nitrogens with two attached hydrogens (primary N) is 1. The van der Waals surface area contributed by atoms with Crippen molar-refractivity contribution in [3.63, 3.8) is 0 Å². The molecule has 0 heterocycles. The SMILES string of the molecule is CNCC[C@@H](N)C(=O)OCc1ccccc1. The summed E-state index contributed by atoms with van der Waals surface area (Å²) < 4.78 is 5.10. The molecular formula is C12H18N2O2. The second-order valence-electron chi connectivity index (χ2n) is 3.59. The van der Waals surface area contributed by atoms with Crippen molar-refractivity contribution in [2.75, 3.05) is 13.6 Å². The maximum absolute atomic E-state index is 11.4. The van der Waals surface area contributed by atoms with Gasteiger partial charge in [0, 0.05) is 0 Å². The van der Waals surface area contributed by atoms with Crippen LogP contribution in [0.4, 0.5) is 0 Å². The Morgan fingerprint density at radius 2 is 2.12 bits per heavy atom. The molecule has 88 valence electrons. The van der Waals surface area contributed by atoms with Crippen LogP contribution in [0, 0.1) is 0 Å². The van der Waals surface area contributed by atoms with E-state index in [1.807, 2.05) is 37.4 Å². The van der Waals surface area contributed by atoms with Crippen LogP contribution in [0.2, 0.25) is 0 Å². The fourth-order valence-corrected chi connectivity index (χ4v) is 1.25. The van der Waals surface area contributed by atoms with Gasteiger partial charge in [0.25, 0.3) is 0 Å². The summed E-state index contributed by atoms with van der Waals surface area (Å²) in [6.07, 6.45) is 0.587. The van der Waals surface area contributed by atoms with Crippen LogP contribution < -0.4 is 11.1 Å². The largest absolute Gasteiger partial charge is 0.460 e. The number of hydrogen-bond donors (Lipinski definition) is 2. The molecule has 0 fully saturated rings. The van der Waals surface area contributed by atoms with Gasteiger partial charge in [0.2, 0.25) is 0 Å². The fraction of sp³-hybridized carbons (Fsp3) is 0.417. The molecule has 16 heavy (non-hydrogen) atoms. The van der Waals surface area contributed by atoms with Gasteiger partial charge in [-0.2, -0.15) is 0 Å². The van der Waals surface area contributed by atoms with Crippen molar-refractivity contribution in [1.29, 1.82) is 0 Å². The lowest BCUT2D eigenvalue weighted by molar-refractivity contribution is -0.146. The van der Waals surface area contributed by atoms with Crippen LogP contribution in [0.3, 0.4) is 0 Å². The monoisotopic (exact) mass is 222 g/mol. The number of carbonyl (C=O) groups excluding carboxylic acids is 1. The van der Waals surface area contributed by atoms with E-state index in [0.717, 1.165) is 5.56 Å². The molecule has 0 unspecified atom stereocenters. The van der Waals surface area contributed by atoms with E-state index in [1.54, 1.807) is 0 Å².